The van der Waals surface area contributed by atoms with Crippen molar-refractivity contribution in [2.24, 2.45) is 0 Å². The molecule has 0 fully saturated rings. The molecule has 7 heteroatoms. The number of halogens is 1. The quantitative estimate of drug-likeness (QED) is 0.866. The predicted octanol–water partition coefficient (Wildman–Crippen LogP) is 2.04. The normalized spacial score (nSPS) is 11.8. The highest BCUT2D eigenvalue weighted by Crippen LogP contribution is 2.26. The molecule has 17 heavy (non-hydrogen) atoms. The summed E-state index contributed by atoms with van der Waals surface area (Å²) in [6.45, 7) is 4.26. The van der Waals surface area contributed by atoms with Gasteiger partial charge in [0, 0.05) is 19.2 Å². The summed E-state index contributed by atoms with van der Waals surface area (Å²) in [5, 5.41) is 9.55. The Morgan fingerprint density at radius 1 is 1.35 bits per heavy atom. The molecule has 0 aromatic heterocycles. The topological polar surface area (TPSA) is 69.6 Å². The first-order valence-electron chi connectivity index (χ1n) is 5.17. The Hall–Kier alpha value is -0.980. The SMILES string of the molecule is CCN(CC)S(=O)(=O)Nc1ccc(Cl)c(O)c1. The van der Waals surface area contributed by atoms with Gasteiger partial charge in [0.05, 0.1) is 10.7 Å². The van der Waals surface area contributed by atoms with Crippen LogP contribution in [0.15, 0.2) is 18.2 Å². The number of nitrogens with one attached hydrogen (secondary N) is 1. The van der Waals surface area contributed by atoms with Crippen molar-refractivity contribution in [3.63, 3.8) is 0 Å². The molecule has 5 nitrogen and oxygen atoms in total. The number of benzene rings is 1. The summed E-state index contributed by atoms with van der Waals surface area (Å²) in [7, 11) is -3.58. The molecule has 0 radical (unpaired) electrons. The van der Waals surface area contributed by atoms with Gasteiger partial charge in [-0.25, -0.2) is 0 Å². The zero-order valence-electron chi connectivity index (χ0n) is 9.64. The van der Waals surface area contributed by atoms with E-state index >= 15 is 0 Å². The lowest BCUT2D eigenvalue weighted by Crippen LogP contribution is -2.35. The van der Waals surface area contributed by atoms with Gasteiger partial charge in [-0.05, 0) is 12.1 Å². The molecule has 1 aromatic carbocycles. The molecule has 0 aliphatic heterocycles. The molecule has 0 spiro atoms. The summed E-state index contributed by atoms with van der Waals surface area (Å²) < 4.78 is 27.4. The molecule has 1 rings (SSSR count). The van der Waals surface area contributed by atoms with Crippen LogP contribution in [-0.4, -0.2) is 30.9 Å². The molecule has 96 valence electrons. The van der Waals surface area contributed by atoms with E-state index in [1.54, 1.807) is 13.8 Å². The van der Waals surface area contributed by atoms with E-state index in [1.165, 1.54) is 22.5 Å². The molecule has 0 heterocycles. The minimum atomic E-state index is -3.58. The second-order valence-corrected chi connectivity index (χ2v) is 5.44. The number of rotatable bonds is 5. The lowest BCUT2D eigenvalue weighted by atomic mass is 10.3. The van der Waals surface area contributed by atoms with Crippen molar-refractivity contribution in [3.05, 3.63) is 23.2 Å². The molecule has 0 aliphatic carbocycles. The van der Waals surface area contributed by atoms with Crippen LogP contribution in [-0.2, 0) is 10.2 Å². The third-order valence-electron chi connectivity index (χ3n) is 2.24. The van der Waals surface area contributed by atoms with E-state index in [0.29, 0.717) is 13.1 Å². The zero-order valence-corrected chi connectivity index (χ0v) is 11.2. The van der Waals surface area contributed by atoms with Crippen molar-refractivity contribution in [3.8, 4) is 5.75 Å². The first-order chi connectivity index (χ1) is 7.90. The van der Waals surface area contributed by atoms with Gasteiger partial charge >= 0.3 is 10.2 Å². The van der Waals surface area contributed by atoms with Crippen LogP contribution in [0.2, 0.25) is 5.02 Å². The lowest BCUT2D eigenvalue weighted by molar-refractivity contribution is 0.449. The number of hydrogen-bond donors (Lipinski definition) is 2. The van der Waals surface area contributed by atoms with E-state index in [9.17, 15) is 13.5 Å². The maximum absolute atomic E-state index is 11.9. The number of aromatic hydroxyl groups is 1. The molecular formula is C10H15ClN2O3S. The fourth-order valence-corrected chi connectivity index (χ4v) is 2.70. The number of phenolic OH excluding ortho intramolecular Hbond substituents is 1. The summed E-state index contributed by atoms with van der Waals surface area (Å²) in [5.41, 5.74) is 0.277. The fraction of sp³-hybridized carbons (Fsp3) is 0.400. The Morgan fingerprint density at radius 2 is 1.94 bits per heavy atom. The smallest absolute Gasteiger partial charge is 0.301 e. The maximum Gasteiger partial charge on any atom is 0.301 e. The molecule has 0 amide bonds. The third kappa shape index (κ3) is 3.49. The van der Waals surface area contributed by atoms with E-state index in [1.807, 2.05) is 0 Å². The van der Waals surface area contributed by atoms with Crippen LogP contribution < -0.4 is 4.72 Å². The van der Waals surface area contributed by atoms with Gasteiger partial charge in [-0.3, -0.25) is 4.72 Å². The summed E-state index contributed by atoms with van der Waals surface area (Å²) in [4.78, 5) is 0. The maximum atomic E-state index is 11.9. The number of anilines is 1. The molecule has 0 aliphatic rings. The molecule has 1 aromatic rings. The van der Waals surface area contributed by atoms with Crippen LogP contribution in [0.4, 0.5) is 5.69 Å². The Labute approximate surface area is 106 Å². The Morgan fingerprint density at radius 3 is 2.41 bits per heavy atom. The minimum Gasteiger partial charge on any atom is -0.506 e. The van der Waals surface area contributed by atoms with E-state index in [0.717, 1.165) is 0 Å². The van der Waals surface area contributed by atoms with Gasteiger partial charge in [0.15, 0.2) is 0 Å². The van der Waals surface area contributed by atoms with Gasteiger partial charge in [0.1, 0.15) is 5.75 Å². The van der Waals surface area contributed by atoms with Gasteiger partial charge in [0.25, 0.3) is 0 Å². The number of hydrogen-bond acceptors (Lipinski definition) is 3. The first-order valence-corrected chi connectivity index (χ1v) is 6.99. The predicted molar refractivity (Wildman–Crippen MR) is 68.6 cm³/mol. The largest absolute Gasteiger partial charge is 0.506 e. The van der Waals surface area contributed by atoms with Crippen molar-refractivity contribution < 1.29 is 13.5 Å². The van der Waals surface area contributed by atoms with Gasteiger partial charge in [-0.1, -0.05) is 25.4 Å². The van der Waals surface area contributed by atoms with Crippen LogP contribution in [0.1, 0.15) is 13.8 Å². The standard InChI is InChI=1S/C10H15ClN2O3S/c1-3-13(4-2)17(15,16)12-8-5-6-9(11)10(14)7-8/h5-7,12,14H,3-4H2,1-2H3. The molecule has 0 atom stereocenters. The Balaban J connectivity index is 2.94. The van der Waals surface area contributed by atoms with E-state index in [-0.39, 0.29) is 16.5 Å². The van der Waals surface area contributed by atoms with Gasteiger partial charge < -0.3 is 5.11 Å². The summed E-state index contributed by atoms with van der Waals surface area (Å²) in [6, 6.07) is 4.18. The van der Waals surface area contributed by atoms with Gasteiger partial charge in [-0.15, -0.1) is 0 Å². The highest BCUT2D eigenvalue weighted by molar-refractivity contribution is 7.90. The molecule has 0 saturated carbocycles. The van der Waals surface area contributed by atoms with Crippen molar-refractivity contribution in [1.82, 2.24) is 4.31 Å². The average molecular weight is 279 g/mol. The Bertz CT molecular complexity index is 486. The summed E-state index contributed by atoms with van der Waals surface area (Å²) in [5.74, 6) is -0.161. The van der Waals surface area contributed by atoms with Crippen molar-refractivity contribution in [2.45, 2.75) is 13.8 Å². The van der Waals surface area contributed by atoms with Crippen molar-refractivity contribution in [1.29, 1.82) is 0 Å². The lowest BCUT2D eigenvalue weighted by Gasteiger charge is -2.19. The monoisotopic (exact) mass is 278 g/mol. The molecule has 0 saturated heterocycles. The number of nitrogens with zero attached hydrogens (tertiary/aromatic N) is 1. The highest BCUT2D eigenvalue weighted by atomic mass is 35.5. The molecule has 0 bridgehead atoms. The Kier molecular flexibility index (Phi) is 4.62. The van der Waals surface area contributed by atoms with Crippen LogP contribution >= 0.6 is 11.6 Å². The van der Waals surface area contributed by atoms with Crippen LogP contribution in [0, 0.1) is 0 Å². The second kappa shape index (κ2) is 5.57. The molecule has 2 N–H and O–H groups in total. The van der Waals surface area contributed by atoms with Gasteiger partial charge in [-0.2, -0.15) is 12.7 Å². The van der Waals surface area contributed by atoms with Crippen LogP contribution in [0.3, 0.4) is 0 Å². The third-order valence-corrected chi connectivity index (χ3v) is 4.25. The van der Waals surface area contributed by atoms with Crippen molar-refractivity contribution in [2.75, 3.05) is 17.8 Å². The fourth-order valence-electron chi connectivity index (χ4n) is 1.35. The zero-order chi connectivity index (χ0) is 13.1. The number of phenols is 1. The summed E-state index contributed by atoms with van der Waals surface area (Å²) >= 11 is 5.63. The van der Waals surface area contributed by atoms with E-state index in [4.69, 9.17) is 11.6 Å². The van der Waals surface area contributed by atoms with Crippen LogP contribution in [0.25, 0.3) is 0 Å². The van der Waals surface area contributed by atoms with E-state index in [2.05, 4.69) is 4.72 Å². The van der Waals surface area contributed by atoms with Crippen molar-refractivity contribution >= 4 is 27.5 Å². The minimum absolute atomic E-state index is 0.161. The van der Waals surface area contributed by atoms with Crippen LogP contribution in [0.5, 0.6) is 5.75 Å². The summed E-state index contributed by atoms with van der Waals surface area (Å²) in [6.07, 6.45) is 0. The average Bonchev–Trinajstić information content (AvgIpc) is 2.24. The second-order valence-electron chi connectivity index (χ2n) is 3.36. The first kappa shape index (κ1) is 14.1. The molecular weight excluding hydrogens is 264 g/mol. The highest BCUT2D eigenvalue weighted by Gasteiger charge is 2.18. The van der Waals surface area contributed by atoms with Gasteiger partial charge in [0.2, 0.25) is 0 Å². The van der Waals surface area contributed by atoms with E-state index < -0.39 is 10.2 Å². The molecule has 0 unspecified atom stereocenters.